The molecular formula is C24H25BrClN5O2. The van der Waals surface area contributed by atoms with E-state index in [-0.39, 0.29) is 11.4 Å². The van der Waals surface area contributed by atoms with Crippen molar-refractivity contribution in [3.05, 3.63) is 68.8 Å². The van der Waals surface area contributed by atoms with Crippen LogP contribution in [0.25, 0.3) is 0 Å². The van der Waals surface area contributed by atoms with Gasteiger partial charge in [0, 0.05) is 22.9 Å². The standard InChI is InChI=1S/C24H25BrClN5O2/c1-14-11-16(8-9-17(14)15-5-4-10-27-12-15)29-24-28-13-18(23(31-24)33-2)22(32)30-21-19(25)6-3-7-20(21)26/h3,6-9,11,13,15,27H,4-5,10,12H2,1-2H3,(H,30,32)(H,28,29,31)/t15-/m0/s1. The van der Waals surface area contributed by atoms with Crippen molar-refractivity contribution >= 4 is 50.8 Å². The maximum atomic E-state index is 12.8. The molecule has 2 heterocycles. The van der Waals surface area contributed by atoms with E-state index < -0.39 is 5.91 Å². The first-order valence-electron chi connectivity index (χ1n) is 10.7. The molecule has 33 heavy (non-hydrogen) atoms. The highest BCUT2D eigenvalue weighted by atomic mass is 79.9. The Morgan fingerprint density at radius 1 is 1.30 bits per heavy atom. The zero-order valence-electron chi connectivity index (χ0n) is 18.4. The highest BCUT2D eigenvalue weighted by Gasteiger charge is 2.19. The second kappa shape index (κ2) is 10.5. The summed E-state index contributed by atoms with van der Waals surface area (Å²) >= 11 is 9.60. The summed E-state index contributed by atoms with van der Waals surface area (Å²) in [7, 11) is 1.46. The first-order chi connectivity index (χ1) is 16.0. The fraction of sp³-hybridized carbons (Fsp3) is 0.292. The van der Waals surface area contributed by atoms with Crippen LogP contribution < -0.4 is 20.7 Å². The van der Waals surface area contributed by atoms with E-state index in [1.807, 2.05) is 6.07 Å². The van der Waals surface area contributed by atoms with E-state index >= 15 is 0 Å². The van der Waals surface area contributed by atoms with Crippen molar-refractivity contribution in [3.63, 3.8) is 0 Å². The number of halogens is 2. The second-order valence-electron chi connectivity index (χ2n) is 7.91. The van der Waals surface area contributed by atoms with E-state index in [9.17, 15) is 4.79 Å². The van der Waals surface area contributed by atoms with Gasteiger partial charge in [0.05, 0.1) is 17.8 Å². The number of methoxy groups -OCH3 is 1. The van der Waals surface area contributed by atoms with Crippen molar-refractivity contribution < 1.29 is 9.53 Å². The van der Waals surface area contributed by atoms with Crippen molar-refractivity contribution in [2.45, 2.75) is 25.7 Å². The minimum atomic E-state index is -0.423. The fourth-order valence-electron chi connectivity index (χ4n) is 3.99. The molecular weight excluding hydrogens is 506 g/mol. The molecule has 3 aromatic rings. The van der Waals surface area contributed by atoms with Crippen molar-refractivity contribution in [1.82, 2.24) is 15.3 Å². The molecule has 7 nitrogen and oxygen atoms in total. The van der Waals surface area contributed by atoms with Gasteiger partial charge >= 0.3 is 0 Å². The van der Waals surface area contributed by atoms with Crippen LogP contribution in [-0.2, 0) is 0 Å². The van der Waals surface area contributed by atoms with Gasteiger partial charge in [-0.2, -0.15) is 4.98 Å². The lowest BCUT2D eigenvalue weighted by atomic mass is 9.88. The minimum Gasteiger partial charge on any atom is -0.480 e. The summed E-state index contributed by atoms with van der Waals surface area (Å²) in [5.41, 5.74) is 4.13. The monoisotopic (exact) mass is 529 g/mol. The van der Waals surface area contributed by atoms with Gasteiger partial charge in [-0.25, -0.2) is 4.98 Å². The molecule has 172 valence electrons. The Bertz CT molecular complexity index is 1150. The Morgan fingerprint density at radius 2 is 2.15 bits per heavy atom. The van der Waals surface area contributed by atoms with Crippen LogP contribution in [0.3, 0.4) is 0 Å². The minimum absolute atomic E-state index is 0.162. The van der Waals surface area contributed by atoms with Crippen LogP contribution in [0.15, 0.2) is 47.1 Å². The number of para-hydroxylation sites is 1. The summed E-state index contributed by atoms with van der Waals surface area (Å²) in [6.07, 6.45) is 3.84. The molecule has 1 amide bonds. The first-order valence-corrected chi connectivity index (χ1v) is 11.9. The number of ether oxygens (including phenoxy) is 1. The van der Waals surface area contributed by atoms with Gasteiger partial charge in [0.1, 0.15) is 5.56 Å². The van der Waals surface area contributed by atoms with Gasteiger partial charge in [-0.05, 0) is 83.6 Å². The molecule has 1 saturated heterocycles. The van der Waals surface area contributed by atoms with Gasteiger partial charge in [-0.3, -0.25) is 4.79 Å². The quantitative estimate of drug-likeness (QED) is 0.380. The molecule has 0 unspecified atom stereocenters. The molecule has 1 aromatic heterocycles. The maximum Gasteiger partial charge on any atom is 0.262 e. The van der Waals surface area contributed by atoms with E-state index in [4.69, 9.17) is 16.3 Å². The number of rotatable bonds is 6. The average molecular weight is 531 g/mol. The van der Waals surface area contributed by atoms with Gasteiger partial charge < -0.3 is 20.7 Å². The second-order valence-corrected chi connectivity index (χ2v) is 9.17. The van der Waals surface area contributed by atoms with Crippen LogP contribution in [0.1, 0.15) is 40.2 Å². The third-order valence-corrected chi connectivity index (χ3v) is 6.63. The normalized spacial score (nSPS) is 15.7. The summed E-state index contributed by atoms with van der Waals surface area (Å²) < 4.78 is 6.03. The van der Waals surface area contributed by atoms with E-state index in [0.29, 0.717) is 27.0 Å². The smallest absolute Gasteiger partial charge is 0.262 e. The summed E-state index contributed by atoms with van der Waals surface area (Å²) in [6.45, 7) is 4.23. The van der Waals surface area contributed by atoms with E-state index in [2.05, 4.69) is 60.9 Å². The number of hydrogen-bond acceptors (Lipinski definition) is 6. The molecule has 4 rings (SSSR count). The van der Waals surface area contributed by atoms with Gasteiger partial charge in [-0.15, -0.1) is 0 Å². The number of hydrogen-bond donors (Lipinski definition) is 3. The summed E-state index contributed by atoms with van der Waals surface area (Å²) in [5, 5.41) is 9.87. The van der Waals surface area contributed by atoms with Gasteiger partial charge in [0.2, 0.25) is 11.8 Å². The maximum absolute atomic E-state index is 12.8. The van der Waals surface area contributed by atoms with Crippen LogP contribution in [-0.4, -0.2) is 36.1 Å². The van der Waals surface area contributed by atoms with Crippen molar-refractivity contribution in [1.29, 1.82) is 0 Å². The predicted molar refractivity (Wildman–Crippen MR) is 135 cm³/mol. The molecule has 1 aliphatic heterocycles. The molecule has 2 aromatic carbocycles. The average Bonchev–Trinajstić information content (AvgIpc) is 2.82. The van der Waals surface area contributed by atoms with Crippen LogP contribution in [0.4, 0.5) is 17.3 Å². The number of amides is 1. The van der Waals surface area contributed by atoms with Gasteiger partial charge in [0.25, 0.3) is 5.91 Å². The van der Waals surface area contributed by atoms with Gasteiger partial charge in [0.15, 0.2) is 0 Å². The number of nitrogens with zero attached hydrogens (tertiary/aromatic N) is 2. The number of aromatic nitrogens is 2. The lowest BCUT2D eigenvalue weighted by Crippen LogP contribution is -2.28. The molecule has 9 heteroatoms. The number of piperidine rings is 1. The lowest BCUT2D eigenvalue weighted by Gasteiger charge is -2.25. The van der Waals surface area contributed by atoms with Crippen LogP contribution in [0.2, 0.25) is 5.02 Å². The Morgan fingerprint density at radius 3 is 2.85 bits per heavy atom. The third kappa shape index (κ3) is 5.46. The van der Waals surface area contributed by atoms with Crippen molar-refractivity contribution in [2.75, 3.05) is 30.8 Å². The van der Waals surface area contributed by atoms with Gasteiger partial charge in [-0.1, -0.05) is 23.7 Å². The predicted octanol–water partition coefficient (Wildman–Crippen LogP) is 5.67. The van der Waals surface area contributed by atoms with Crippen LogP contribution in [0.5, 0.6) is 5.88 Å². The largest absolute Gasteiger partial charge is 0.480 e. The molecule has 0 saturated carbocycles. The first kappa shape index (κ1) is 23.5. The summed E-state index contributed by atoms with van der Waals surface area (Å²) in [5.74, 6) is 0.622. The molecule has 3 N–H and O–H groups in total. The summed E-state index contributed by atoms with van der Waals surface area (Å²) in [4.78, 5) is 21.5. The molecule has 1 aliphatic rings. The number of aryl methyl sites for hydroxylation is 1. The van der Waals surface area contributed by atoms with Crippen LogP contribution >= 0.6 is 27.5 Å². The van der Waals surface area contributed by atoms with Crippen LogP contribution in [0, 0.1) is 6.92 Å². The fourth-order valence-corrected chi connectivity index (χ4v) is 4.79. The summed E-state index contributed by atoms with van der Waals surface area (Å²) in [6, 6.07) is 11.6. The zero-order chi connectivity index (χ0) is 23.4. The third-order valence-electron chi connectivity index (χ3n) is 5.66. The highest BCUT2D eigenvalue weighted by molar-refractivity contribution is 9.10. The Balaban J connectivity index is 1.51. The molecule has 0 bridgehead atoms. The van der Waals surface area contributed by atoms with E-state index in [0.717, 1.165) is 18.8 Å². The number of benzene rings is 2. The topological polar surface area (TPSA) is 88.2 Å². The molecule has 0 radical (unpaired) electrons. The van der Waals surface area contributed by atoms with E-state index in [1.165, 1.54) is 37.3 Å². The Hall–Kier alpha value is -2.68. The highest BCUT2D eigenvalue weighted by Crippen LogP contribution is 2.32. The molecule has 0 aliphatic carbocycles. The lowest BCUT2D eigenvalue weighted by molar-refractivity contribution is 0.102. The number of nitrogens with one attached hydrogen (secondary N) is 3. The number of anilines is 3. The van der Waals surface area contributed by atoms with Crippen molar-refractivity contribution in [2.24, 2.45) is 0 Å². The SMILES string of the molecule is COc1nc(Nc2ccc([C@H]3CCCNC3)c(C)c2)ncc1C(=O)Nc1c(Cl)cccc1Br. The molecule has 1 fully saturated rings. The van der Waals surface area contributed by atoms with Crippen molar-refractivity contribution in [3.8, 4) is 5.88 Å². The Labute approximate surface area is 206 Å². The molecule has 0 spiro atoms. The zero-order valence-corrected chi connectivity index (χ0v) is 20.8. The number of carbonyl (C=O) groups excluding carboxylic acids is 1. The molecule has 1 atom stereocenters. The Kier molecular flexibility index (Phi) is 7.47. The van der Waals surface area contributed by atoms with E-state index in [1.54, 1.807) is 18.2 Å². The number of carbonyl (C=O) groups is 1.